The highest BCUT2D eigenvalue weighted by atomic mass is 32.2. The van der Waals surface area contributed by atoms with Crippen molar-refractivity contribution in [1.82, 2.24) is 19.6 Å². The minimum absolute atomic E-state index is 0. The van der Waals surface area contributed by atoms with Gasteiger partial charge < -0.3 is 29.8 Å². The van der Waals surface area contributed by atoms with Crippen LogP contribution in [-0.2, 0) is 16.0 Å². The summed E-state index contributed by atoms with van der Waals surface area (Å²) in [6, 6.07) is 16.6. The number of likely N-dealkylation sites (N-methyl/N-ethyl adjacent to an activating group) is 1. The van der Waals surface area contributed by atoms with Gasteiger partial charge in [0.05, 0.1) is 5.25 Å². The highest BCUT2D eigenvalue weighted by Crippen LogP contribution is 2.48. The van der Waals surface area contributed by atoms with E-state index in [1.165, 1.54) is 11.3 Å². The number of anilines is 2. The van der Waals surface area contributed by atoms with Crippen LogP contribution in [-0.4, -0.2) is 108 Å². The van der Waals surface area contributed by atoms with Crippen LogP contribution in [0.15, 0.2) is 48.5 Å². The number of piperazine rings is 1. The van der Waals surface area contributed by atoms with Crippen LogP contribution >= 0.6 is 11.8 Å². The third-order valence-electron chi connectivity index (χ3n) is 10.4. The topological polar surface area (TPSA) is 79.4 Å². The Morgan fingerprint density at radius 2 is 1.64 bits per heavy atom. The lowest BCUT2D eigenvalue weighted by Crippen LogP contribution is -2.50. The summed E-state index contributed by atoms with van der Waals surface area (Å²) in [5.41, 5.74) is 4.54. The molecular formula is C37H54N6O3S. The standard InChI is InChI=1S/C37H52N6O3S.H2/c1-5-39-22-24-40(25-23-39)31-13-9-7-11-29(31)35-43(21-17-37(2,3)4)34(45)32(47-35)26-33(44)41-18-15-28(16-19-41)42-20-14-27-10-6-8-12-30(27)38-36(42)46;/h6-13,28,32,35H,5,14-26H2,1-4H3,(H,38,46);1H. The average molecular weight is 663 g/mol. The number of fused-ring (bicyclic) bond motifs is 1. The molecule has 6 rings (SSSR count). The van der Waals surface area contributed by atoms with Gasteiger partial charge >= 0.3 is 6.03 Å². The minimum atomic E-state index is -0.398. The Bertz CT molecular complexity index is 1440. The molecule has 47 heavy (non-hydrogen) atoms. The molecule has 4 aliphatic heterocycles. The van der Waals surface area contributed by atoms with Gasteiger partial charge in [0, 0.05) is 83.2 Å². The van der Waals surface area contributed by atoms with Crippen molar-refractivity contribution < 1.29 is 15.8 Å². The molecule has 4 amide bonds. The van der Waals surface area contributed by atoms with E-state index in [9.17, 15) is 14.4 Å². The molecule has 1 N–H and O–H groups in total. The molecule has 0 aliphatic carbocycles. The summed E-state index contributed by atoms with van der Waals surface area (Å²) in [5.74, 6) is 0.126. The lowest BCUT2D eigenvalue weighted by atomic mass is 9.92. The van der Waals surface area contributed by atoms with Gasteiger partial charge in [0.2, 0.25) is 11.8 Å². The molecule has 9 nitrogen and oxygen atoms in total. The number of amides is 4. The van der Waals surface area contributed by atoms with Crippen LogP contribution in [0.4, 0.5) is 16.2 Å². The fraction of sp³-hybridized carbons (Fsp3) is 0.595. The molecule has 256 valence electrons. The van der Waals surface area contributed by atoms with E-state index < -0.39 is 5.25 Å². The van der Waals surface area contributed by atoms with E-state index in [2.05, 4.69) is 78.0 Å². The molecule has 2 atom stereocenters. The third-order valence-corrected chi connectivity index (χ3v) is 11.8. The summed E-state index contributed by atoms with van der Waals surface area (Å²) in [7, 11) is 0. The van der Waals surface area contributed by atoms with Crippen LogP contribution < -0.4 is 10.2 Å². The number of carbonyl (C=O) groups is 3. The molecular weight excluding hydrogens is 609 g/mol. The van der Waals surface area contributed by atoms with Gasteiger partial charge in [-0.2, -0.15) is 0 Å². The quantitative estimate of drug-likeness (QED) is 0.378. The predicted octanol–water partition coefficient (Wildman–Crippen LogP) is 5.92. The third kappa shape index (κ3) is 7.75. The fourth-order valence-electron chi connectivity index (χ4n) is 7.39. The Hall–Kier alpha value is -3.24. The van der Waals surface area contributed by atoms with Crippen molar-refractivity contribution in [3.05, 3.63) is 59.7 Å². The lowest BCUT2D eigenvalue weighted by Gasteiger charge is -2.38. The number of thioether (sulfide) groups is 1. The smallest absolute Gasteiger partial charge is 0.322 e. The van der Waals surface area contributed by atoms with E-state index in [0.29, 0.717) is 26.2 Å². The van der Waals surface area contributed by atoms with Gasteiger partial charge in [0.15, 0.2) is 0 Å². The first-order chi connectivity index (χ1) is 22.6. The summed E-state index contributed by atoms with van der Waals surface area (Å²) in [4.78, 5) is 51.8. The van der Waals surface area contributed by atoms with Crippen molar-refractivity contribution in [1.29, 1.82) is 0 Å². The van der Waals surface area contributed by atoms with Crippen molar-refractivity contribution in [2.24, 2.45) is 5.41 Å². The average Bonchev–Trinajstić information content (AvgIpc) is 3.27. The van der Waals surface area contributed by atoms with Crippen LogP contribution in [0, 0.1) is 5.41 Å². The molecule has 0 bridgehead atoms. The van der Waals surface area contributed by atoms with Crippen LogP contribution in [0.2, 0.25) is 0 Å². The van der Waals surface area contributed by atoms with Crippen LogP contribution in [0.1, 0.15) is 71.3 Å². The van der Waals surface area contributed by atoms with Gasteiger partial charge in [-0.15, -0.1) is 11.8 Å². The number of piperidine rings is 1. The second-order valence-electron chi connectivity index (χ2n) is 14.6. The molecule has 4 aliphatic rings. The number of hydrogen-bond acceptors (Lipinski definition) is 6. The van der Waals surface area contributed by atoms with Gasteiger partial charge in [0.25, 0.3) is 0 Å². The summed E-state index contributed by atoms with van der Waals surface area (Å²) in [5, 5.41) is 2.57. The van der Waals surface area contributed by atoms with Crippen molar-refractivity contribution in [3.8, 4) is 0 Å². The maximum absolute atomic E-state index is 14.1. The number of benzene rings is 2. The number of nitrogens with zero attached hydrogens (tertiary/aromatic N) is 5. The fourth-order valence-corrected chi connectivity index (χ4v) is 8.89. The maximum atomic E-state index is 14.1. The Labute approximate surface area is 286 Å². The molecule has 0 radical (unpaired) electrons. The van der Waals surface area contributed by atoms with E-state index in [1.54, 1.807) is 11.8 Å². The molecule has 2 aromatic rings. The van der Waals surface area contributed by atoms with Crippen molar-refractivity contribution in [2.75, 3.05) is 69.1 Å². The van der Waals surface area contributed by atoms with E-state index in [4.69, 9.17) is 0 Å². The highest BCUT2D eigenvalue weighted by Gasteiger charge is 2.44. The van der Waals surface area contributed by atoms with E-state index >= 15 is 0 Å². The zero-order valence-electron chi connectivity index (χ0n) is 28.6. The summed E-state index contributed by atoms with van der Waals surface area (Å²) in [6.07, 6.45) is 3.44. The highest BCUT2D eigenvalue weighted by molar-refractivity contribution is 8.01. The number of urea groups is 1. The number of carbonyl (C=O) groups excluding carboxylic acids is 3. The first-order valence-corrected chi connectivity index (χ1v) is 18.5. The molecule has 0 spiro atoms. The zero-order chi connectivity index (χ0) is 33.1. The zero-order valence-corrected chi connectivity index (χ0v) is 29.4. The number of nitrogens with one attached hydrogen (secondary N) is 1. The molecule has 10 heteroatoms. The first kappa shape index (κ1) is 33.7. The van der Waals surface area contributed by atoms with Crippen LogP contribution in [0.25, 0.3) is 0 Å². The first-order valence-electron chi connectivity index (χ1n) is 17.6. The minimum Gasteiger partial charge on any atom is -0.369 e. The van der Waals surface area contributed by atoms with Gasteiger partial charge in [-0.3, -0.25) is 9.59 Å². The molecule has 2 unspecified atom stereocenters. The summed E-state index contributed by atoms with van der Waals surface area (Å²) in [6.45, 7) is 16.5. The van der Waals surface area contributed by atoms with Crippen molar-refractivity contribution in [3.63, 3.8) is 0 Å². The SMILES string of the molecule is CCN1CCN(c2ccccc2C2SC(CC(=O)N3CCC(N4CCc5ccccc5NC4=O)CC3)C(=O)N2CCC(C)(C)C)CC1.[HH]. The molecule has 3 saturated heterocycles. The van der Waals surface area contributed by atoms with E-state index in [0.717, 1.165) is 69.7 Å². The Kier molecular flexibility index (Phi) is 10.4. The van der Waals surface area contributed by atoms with E-state index in [1.807, 2.05) is 28.0 Å². The van der Waals surface area contributed by atoms with Gasteiger partial charge in [-0.1, -0.05) is 64.1 Å². The molecule has 2 aromatic carbocycles. The van der Waals surface area contributed by atoms with Gasteiger partial charge in [-0.05, 0) is 55.3 Å². The molecule has 0 saturated carbocycles. The van der Waals surface area contributed by atoms with E-state index in [-0.39, 0.29) is 42.5 Å². The predicted molar refractivity (Wildman–Crippen MR) is 193 cm³/mol. The lowest BCUT2D eigenvalue weighted by molar-refractivity contribution is -0.137. The van der Waals surface area contributed by atoms with Crippen LogP contribution in [0.3, 0.4) is 0 Å². The Balaban J connectivity index is 0.00000451. The molecule has 3 fully saturated rings. The number of likely N-dealkylation sites (tertiary alicyclic amines) is 1. The van der Waals surface area contributed by atoms with Crippen LogP contribution in [0.5, 0.6) is 0 Å². The Morgan fingerprint density at radius 1 is 0.936 bits per heavy atom. The molecule has 0 aromatic heterocycles. The second kappa shape index (κ2) is 14.5. The molecule has 4 heterocycles. The summed E-state index contributed by atoms with van der Waals surface area (Å²) >= 11 is 1.66. The second-order valence-corrected chi connectivity index (χ2v) is 15.9. The number of hydrogen-bond donors (Lipinski definition) is 1. The number of rotatable bonds is 8. The number of para-hydroxylation sites is 2. The summed E-state index contributed by atoms with van der Waals surface area (Å²) < 4.78 is 0. The normalized spacial score (nSPS) is 23.1. The maximum Gasteiger partial charge on any atom is 0.322 e. The van der Waals surface area contributed by atoms with Crippen molar-refractivity contribution in [2.45, 2.75) is 76.5 Å². The van der Waals surface area contributed by atoms with Gasteiger partial charge in [-0.25, -0.2) is 4.79 Å². The monoisotopic (exact) mass is 662 g/mol. The Morgan fingerprint density at radius 3 is 2.36 bits per heavy atom. The largest absolute Gasteiger partial charge is 0.369 e. The van der Waals surface area contributed by atoms with Crippen molar-refractivity contribution >= 4 is 41.0 Å². The van der Waals surface area contributed by atoms with Gasteiger partial charge in [0.1, 0.15) is 5.37 Å².